The van der Waals surface area contributed by atoms with E-state index in [-0.39, 0.29) is 0 Å². The monoisotopic (exact) mass is 745 g/mol. The van der Waals surface area contributed by atoms with Crippen LogP contribution in [0, 0.1) is 0 Å². The molecule has 0 bridgehead atoms. The number of thiophene rings is 1. The number of hydrogen-bond acceptors (Lipinski definition) is 3. The molecule has 0 saturated carbocycles. The van der Waals surface area contributed by atoms with Crippen molar-refractivity contribution in [1.82, 2.24) is 0 Å². The fourth-order valence-corrected chi connectivity index (χ4v) is 9.47. The van der Waals surface area contributed by atoms with Gasteiger partial charge in [-0.1, -0.05) is 146 Å². The second kappa shape index (κ2) is 13.8. The number of benzene rings is 9. The van der Waals surface area contributed by atoms with E-state index in [1.807, 2.05) is 23.5 Å². The highest BCUT2D eigenvalue weighted by molar-refractivity contribution is 7.25. The number of rotatable bonds is 7. The summed E-state index contributed by atoms with van der Waals surface area (Å²) >= 11 is 1.85. The molecule has 0 radical (unpaired) electrons. The molecule has 0 saturated heterocycles. The Morgan fingerprint density at radius 3 is 1.70 bits per heavy atom. The van der Waals surface area contributed by atoms with Gasteiger partial charge in [-0.25, -0.2) is 0 Å². The summed E-state index contributed by atoms with van der Waals surface area (Å²) in [6, 6.07) is 76.5. The molecule has 2 heterocycles. The Balaban J connectivity index is 1.14. The first-order valence-corrected chi connectivity index (χ1v) is 20.1. The zero-order valence-corrected chi connectivity index (χ0v) is 31.8. The van der Waals surface area contributed by atoms with E-state index in [1.54, 1.807) is 0 Å². The zero-order valence-electron chi connectivity index (χ0n) is 31.0. The van der Waals surface area contributed by atoms with Gasteiger partial charge in [0.1, 0.15) is 11.2 Å². The van der Waals surface area contributed by atoms with Crippen LogP contribution in [0.1, 0.15) is 0 Å². The summed E-state index contributed by atoms with van der Waals surface area (Å²) in [5, 5.41) is 4.86. The molecule has 11 rings (SSSR count). The van der Waals surface area contributed by atoms with Gasteiger partial charge in [-0.05, 0) is 106 Å². The summed E-state index contributed by atoms with van der Waals surface area (Å²) in [5.41, 5.74) is 14.3. The van der Waals surface area contributed by atoms with E-state index < -0.39 is 0 Å². The van der Waals surface area contributed by atoms with Gasteiger partial charge in [0.2, 0.25) is 0 Å². The minimum absolute atomic E-state index is 0.883. The quantitative estimate of drug-likeness (QED) is 0.162. The van der Waals surface area contributed by atoms with Gasteiger partial charge in [0.15, 0.2) is 0 Å². The standard InChI is InChI=1S/C54H35NOS/c1-3-14-36(15-4-1)38-18-11-20-42(32-38)55(43-21-12-19-39(33-43)40-29-31-53-48(34-40)47-23-8-10-27-52(47)57-53)49-25-13-24-44(54(49)37-16-5-2-6-17-37)41-28-30-46-45-22-7-9-26-50(45)56-51(46)35-41/h1-35H. The average Bonchev–Trinajstić information content (AvgIpc) is 3.85. The fraction of sp³-hybridized carbons (Fsp3) is 0. The van der Waals surface area contributed by atoms with Crippen LogP contribution in [0.2, 0.25) is 0 Å². The van der Waals surface area contributed by atoms with Crippen molar-refractivity contribution in [3.63, 3.8) is 0 Å². The molecule has 2 nitrogen and oxygen atoms in total. The first-order valence-electron chi connectivity index (χ1n) is 19.3. The van der Waals surface area contributed by atoms with Gasteiger partial charge in [0.25, 0.3) is 0 Å². The topological polar surface area (TPSA) is 16.4 Å². The number of nitrogens with zero attached hydrogens (tertiary/aromatic N) is 1. The van der Waals surface area contributed by atoms with E-state index >= 15 is 0 Å². The Morgan fingerprint density at radius 2 is 0.912 bits per heavy atom. The van der Waals surface area contributed by atoms with E-state index in [0.717, 1.165) is 66.8 Å². The Morgan fingerprint density at radius 1 is 0.333 bits per heavy atom. The molecule has 57 heavy (non-hydrogen) atoms. The molecule has 268 valence electrons. The second-order valence-electron chi connectivity index (χ2n) is 14.5. The molecule has 0 fully saturated rings. The molecule has 3 heteroatoms. The summed E-state index contributed by atoms with van der Waals surface area (Å²) in [4.78, 5) is 2.43. The van der Waals surface area contributed by atoms with Gasteiger partial charge >= 0.3 is 0 Å². The third kappa shape index (κ3) is 5.88. The first kappa shape index (κ1) is 33.2. The highest BCUT2D eigenvalue weighted by Crippen LogP contribution is 2.47. The highest BCUT2D eigenvalue weighted by Gasteiger charge is 2.22. The number of hydrogen-bond donors (Lipinski definition) is 0. The predicted molar refractivity (Wildman–Crippen MR) is 243 cm³/mol. The number of para-hydroxylation sites is 1. The van der Waals surface area contributed by atoms with Gasteiger partial charge in [0, 0.05) is 47.9 Å². The Labute approximate surface area is 335 Å². The molecular formula is C54H35NOS. The summed E-state index contributed by atoms with van der Waals surface area (Å²) in [7, 11) is 0. The molecule has 9 aromatic carbocycles. The molecule has 0 aliphatic rings. The van der Waals surface area contributed by atoms with Crippen LogP contribution in [0.25, 0.3) is 86.6 Å². The van der Waals surface area contributed by atoms with Crippen molar-refractivity contribution in [2.45, 2.75) is 0 Å². The van der Waals surface area contributed by atoms with Crippen LogP contribution >= 0.6 is 11.3 Å². The van der Waals surface area contributed by atoms with E-state index in [1.165, 1.54) is 36.9 Å². The summed E-state index contributed by atoms with van der Waals surface area (Å²) in [5.74, 6) is 0. The van der Waals surface area contributed by atoms with Crippen LogP contribution in [0.4, 0.5) is 17.1 Å². The van der Waals surface area contributed by atoms with Crippen LogP contribution in [-0.4, -0.2) is 0 Å². The van der Waals surface area contributed by atoms with Gasteiger partial charge in [0.05, 0.1) is 5.69 Å². The second-order valence-corrected chi connectivity index (χ2v) is 15.6. The van der Waals surface area contributed by atoms with Gasteiger partial charge in [-0.3, -0.25) is 0 Å². The molecule has 0 spiro atoms. The lowest BCUT2D eigenvalue weighted by atomic mass is 9.91. The van der Waals surface area contributed by atoms with Crippen molar-refractivity contribution in [2.24, 2.45) is 0 Å². The van der Waals surface area contributed by atoms with Gasteiger partial charge in [-0.2, -0.15) is 0 Å². The van der Waals surface area contributed by atoms with Crippen molar-refractivity contribution in [1.29, 1.82) is 0 Å². The summed E-state index contributed by atoms with van der Waals surface area (Å²) in [6.07, 6.45) is 0. The number of anilines is 3. The molecule has 0 atom stereocenters. The third-order valence-corrected chi connectivity index (χ3v) is 12.2. The SMILES string of the molecule is c1ccc(-c2cccc(N(c3cccc(-c4ccc5sc6ccccc6c5c4)c3)c3cccc(-c4ccc5c(c4)oc4ccccc45)c3-c3ccccc3)c2)cc1. The molecule has 0 unspecified atom stereocenters. The molecular weight excluding hydrogens is 711 g/mol. The summed E-state index contributed by atoms with van der Waals surface area (Å²) in [6.45, 7) is 0. The van der Waals surface area contributed by atoms with E-state index in [0.29, 0.717) is 0 Å². The van der Waals surface area contributed by atoms with Crippen molar-refractivity contribution in [3.8, 4) is 44.5 Å². The van der Waals surface area contributed by atoms with Crippen LogP contribution in [0.5, 0.6) is 0 Å². The molecule has 11 aromatic rings. The van der Waals surface area contributed by atoms with Crippen LogP contribution in [0.15, 0.2) is 217 Å². The number of fused-ring (bicyclic) bond motifs is 6. The molecule has 0 aliphatic heterocycles. The normalized spacial score (nSPS) is 11.5. The minimum atomic E-state index is 0.883. The van der Waals surface area contributed by atoms with Crippen molar-refractivity contribution >= 4 is 70.5 Å². The maximum Gasteiger partial charge on any atom is 0.136 e. The van der Waals surface area contributed by atoms with Crippen molar-refractivity contribution in [3.05, 3.63) is 212 Å². The highest BCUT2D eigenvalue weighted by atomic mass is 32.1. The average molecular weight is 746 g/mol. The Bertz CT molecular complexity index is 3250. The zero-order chi connectivity index (χ0) is 37.7. The smallest absolute Gasteiger partial charge is 0.136 e. The first-order chi connectivity index (χ1) is 28.2. The molecule has 0 amide bonds. The van der Waals surface area contributed by atoms with E-state index in [4.69, 9.17) is 4.42 Å². The lowest BCUT2D eigenvalue weighted by molar-refractivity contribution is 0.669. The molecule has 0 aliphatic carbocycles. The van der Waals surface area contributed by atoms with Crippen LogP contribution in [0.3, 0.4) is 0 Å². The van der Waals surface area contributed by atoms with Crippen LogP contribution in [-0.2, 0) is 0 Å². The summed E-state index contributed by atoms with van der Waals surface area (Å²) < 4.78 is 9.04. The minimum Gasteiger partial charge on any atom is -0.456 e. The largest absolute Gasteiger partial charge is 0.456 e. The maximum absolute atomic E-state index is 6.42. The Kier molecular flexibility index (Phi) is 8.04. The van der Waals surface area contributed by atoms with E-state index in [2.05, 4.69) is 205 Å². The van der Waals surface area contributed by atoms with Gasteiger partial charge in [-0.15, -0.1) is 11.3 Å². The lowest BCUT2D eigenvalue weighted by Gasteiger charge is -2.30. The third-order valence-electron chi connectivity index (χ3n) is 11.1. The predicted octanol–water partition coefficient (Wildman–Crippen LogP) is 16.1. The molecule has 0 N–H and O–H groups in total. The van der Waals surface area contributed by atoms with Crippen LogP contribution < -0.4 is 4.90 Å². The van der Waals surface area contributed by atoms with Crippen molar-refractivity contribution in [2.75, 3.05) is 4.90 Å². The van der Waals surface area contributed by atoms with Crippen molar-refractivity contribution < 1.29 is 4.42 Å². The maximum atomic E-state index is 6.42. The fourth-order valence-electron chi connectivity index (χ4n) is 8.38. The lowest BCUT2D eigenvalue weighted by Crippen LogP contribution is -2.12. The Hall–Kier alpha value is -7.20. The number of furan rings is 1. The molecule has 2 aromatic heterocycles. The van der Waals surface area contributed by atoms with E-state index in [9.17, 15) is 0 Å². The van der Waals surface area contributed by atoms with Gasteiger partial charge < -0.3 is 9.32 Å².